The lowest BCUT2D eigenvalue weighted by Crippen LogP contribution is -2.04. The van der Waals surface area contributed by atoms with E-state index in [4.69, 9.17) is 0 Å². The Morgan fingerprint density at radius 2 is 1.86 bits per heavy atom. The average molecular weight is 303 g/mol. The van der Waals surface area contributed by atoms with Gasteiger partial charge in [0.05, 0.1) is 28.5 Å². The number of aryl methyl sites for hydroxylation is 1. The van der Waals surface area contributed by atoms with Crippen molar-refractivity contribution in [3.05, 3.63) is 54.0 Å². The average Bonchev–Trinajstić information content (AvgIpc) is 2.53. The van der Waals surface area contributed by atoms with Crippen molar-refractivity contribution in [1.29, 1.82) is 0 Å². The second kappa shape index (κ2) is 5.36. The summed E-state index contributed by atoms with van der Waals surface area (Å²) in [5.41, 5.74) is 2.48. The molecule has 0 aliphatic rings. The third-order valence-electron chi connectivity index (χ3n) is 3.43. The minimum atomic E-state index is -4.38. The topological polar surface area (TPSA) is 38.7 Å². The van der Waals surface area contributed by atoms with Gasteiger partial charge in [0.15, 0.2) is 0 Å². The Hall–Kier alpha value is -2.50. The van der Waals surface area contributed by atoms with E-state index in [9.17, 15) is 13.2 Å². The first-order chi connectivity index (χ1) is 10.5. The second-order valence-electron chi connectivity index (χ2n) is 4.84. The van der Waals surface area contributed by atoms with Crippen LogP contribution in [0.25, 0.3) is 22.3 Å². The Morgan fingerprint density at radius 1 is 1.05 bits per heavy atom. The van der Waals surface area contributed by atoms with Gasteiger partial charge in [-0.3, -0.25) is 9.97 Å². The van der Waals surface area contributed by atoms with E-state index < -0.39 is 11.7 Å². The van der Waals surface area contributed by atoms with E-state index in [-0.39, 0.29) is 5.52 Å². The first-order valence-corrected chi connectivity index (χ1v) is 6.76. The van der Waals surface area contributed by atoms with Gasteiger partial charge in [-0.05, 0) is 36.2 Å². The summed E-state index contributed by atoms with van der Waals surface area (Å²) < 4.78 is 38.1. The van der Waals surface area contributed by atoms with E-state index in [0.717, 1.165) is 29.7 Å². The van der Waals surface area contributed by atoms with Crippen LogP contribution in [0.1, 0.15) is 18.1 Å². The summed E-state index contributed by atoms with van der Waals surface area (Å²) in [5, 5.41) is 0. The van der Waals surface area contributed by atoms with Crippen molar-refractivity contribution in [2.45, 2.75) is 19.5 Å². The molecular weight excluding hydrogens is 291 g/mol. The monoisotopic (exact) mass is 303 g/mol. The van der Waals surface area contributed by atoms with E-state index in [1.165, 1.54) is 12.3 Å². The minimum Gasteiger partial charge on any atom is -0.264 e. The highest BCUT2D eigenvalue weighted by molar-refractivity contribution is 5.78. The summed E-state index contributed by atoms with van der Waals surface area (Å²) in [6.45, 7) is 2.00. The molecule has 0 fully saturated rings. The van der Waals surface area contributed by atoms with Crippen LogP contribution < -0.4 is 0 Å². The van der Waals surface area contributed by atoms with Crippen LogP contribution in [0.2, 0.25) is 0 Å². The molecule has 6 heteroatoms. The largest absolute Gasteiger partial charge is 0.416 e. The number of rotatable bonds is 2. The first-order valence-electron chi connectivity index (χ1n) is 6.76. The molecule has 2 heterocycles. The van der Waals surface area contributed by atoms with Crippen molar-refractivity contribution in [3.63, 3.8) is 0 Å². The number of nitrogens with zero attached hydrogens (tertiary/aromatic N) is 3. The summed E-state index contributed by atoms with van der Waals surface area (Å²) in [6, 6.07) is 5.22. The van der Waals surface area contributed by atoms with Crippen LogP contribution in [0.4, 0.5) is 13.2 Å². The molecular formula is C16H12F3N3. The zero-order chi connectivity index (χ0) is 15.7. The van der Waals surface area contributed by atoms with Gasteiger partial charge in [-0.25, -0.2) is 4.98 Å². The van der Waals surface area contributed by atoms with Crippen molar-refractivity contribution < 1.29 is 13.2 Å². The quantitative estimate of drug-likeness (QED) is 0.709. The van der Waals surface area contributed by atoms with Gasteiger partial charge in [-0.1, -0.05) is 6.92 Å². The van der Waals surface area contributed by atoms with Crippen LogP contribution in [-0.2, 0) is 12.6 Å². The molecule has 3 aromatic rings. The number of hydrogen-bond donors (Lipinski definition) is 0. The van der Waals surface area contributed by atoms with Crippen molar-refractivity contribution in [2.24, 2.45) is 0 Å². The molecule has 112 valence electrons. The van der Waals surface area contributed by atoms with Gasteiger partial charge in [0.1, 0.15) is 0 Å². The van der Waals surface area contributed by atoms with E-state index in [2.05, 4.69) is 15.0 Å². The predicted molar refractivity (Wildman–Crippen MR) is 77.1 cm³/mol. The zero-order valence-electron chi connectivity index (χ0n) is 11.7. The Labute approximate surface area is 124 Å². The molecule has 0 amide bonds. The smallest absolute Gasteiger partial charge is 0.264 e. The molecule has 0 spiro atoms. The van der Waals surface area contributed by atoms with E-state index >= 15 is 0 Å². The highest BCUT2D eigenvalue weighted by atomic mass is 19.4. The molecule has 0 N–H and O–H groups in total. The lowest BCUT2D eigenvalue weighted by Gasteiger charge is -2.09. The van der Waals surface area contributed by atoms with Crippen LogP contribution in [-0.4, -0.2) is 15.0 Å². The fourth-order valence-corrected chi connectivity index (χ4v) is 2.28. The first kappa shape index (κ1) is 14.4. The molecule has 0 saturated heterocycles. The molecule has 2 aromatic heterocycles. The van der Waals surface area contributed by atoms with Gasteiger partial charge >= 0.3 is 6.18 Å². The summed E-state index contributed by atoms with van der Waals surface area (Å²) >= 11 is 0. The molecule has 0 atom stereocenters. The summed E-state index contributed by atoms with van der Waals surface area (Å²) in [7, 11) is 0. The van der Waals surface area contributed by atoms with Crippen LogP contribution in [0.15, 0.2) is 42.9 Å². The number of fused-ring (bicyclic) bond motifs is 1. The number of alkyl halides is 3. The zero-order valence-corrected chi connectivity index (χ0v) is 11.7. The van der Waals surface area contributed by atoms with Crippen LogP contribution in [0.3, 0.4) is 0 Å². The summed E-state index contributed by atoms with van der Waals surface area (Å²) in [6.07, 6.45) is 1.32. The Balaban J connectivity index is 2.11. The van der Waals surface area contributed by atoms with Gasteiger partial charge in [0.2, 0.25) is 0 Å². The SMILES string of the molecule is CCc1cnccc1-c1cnc2cc(C(F)(F)F)ccc2n1. The molecule has 22 heavy (non-hydrogen) atoms. The lowest BCUT2D eigenvalue weighted by molar-refractivity contribution is -0.137. The summed E-state index contributed by atoms with van der Waals surface area (Å²) in [5.74, 6) is 0. The number of benzene rings is 1. The molecule has 3 nitrogen and oxygen atoms in total. The van der Waals surface area contributed by atoms with Crippen LogP contribution >= 0.6 is 0 Å². The van der Waals surface area contributed by atoms with Crippen LogP contribution in [0.5, 0.6) is 0 Å². The van der Waals surface area contributed by atoms with Crippen LogP contribution in [0, 0.1) is 0 Å². The van der Waals surface area contributed by atoms with Gasteiger partial charge in [-0.15, -0.1) is 0 Å². The van der Waals surface area contributed by atoms with Crippen molar-refractivity contribution in [2.75, 3.05) is 0 Å². The highest BCUT2D eigenvalue weighted by Crippen LogP contribution is 2.31. The molecule has 0 saturated carbocycles. The van der Waals surface area contributed by atoms with Gasteiger partial charge in [-0.2, -0.15) is 13.2 Å². The number of pyridine rings is 1. The van der Waals surface area contributed by atoms with Crippen molar-refractivity contribution in [3.8, 4) is 11.3 Å². The maximum atomic E-state index is 12.7. The molecule has 0 aliphatic heterocycles. The molecule has 0 unspecified atom stereocenters. The van der Waals surface area contributed by atoms with Crippen molar-refractivity contribution >= 4 is 11.0 Å². The standard InChI is InChI=1S/C16H12F3N3/c1-2-10-8-20-6-5-12(10)15-9-21-14-7-11(16(17,18)19)3-4-13(14)22-15/h3-9H,2H2,1H3. The third kappa shape index (κ3) is 2.64. The van der Waals surface area contributed by atoms with Gasteiger partial charge in [0.25, 0.3) is 0 Å². The van der Waals surface area contributed by atoms with E-state index in [1.54, 1.807) is 12.4 Å². The third-order valence-corrected chi connectivity index (χ3v) is 3.43. The van der Waals surface area contributed by atoms with Crippen molar-refractivity contribution in [1.82, 2.24) is 15.0 Å². The predicted octanol–water partition coefficient (Wildman–Crippen LogP) is 4.27. The number of hydrogen-bond acceptors (Lipinski definition) is 3. The molecule has 1 aromatic carbocycles. The second-order valence-corrected chi connectivity index (χ2v) is 4.84. The number of halogens is 3. The normalized spacial score (nSPS) is 11.8. The maximum Gasteiger partial charge on any atom is 0.416 e. The highest BCUT2D eigenvalue weighted by Gasteiger charge is 2.30. The Morgan fingerprint density at radius 3 is 2.59 bits per heavy atom. The molecule has 0 aliphatic carbocycles. The molecule has 0 radical (unpaired) electrons. The molecule has 3 rings (SSSR count). The van der Waals surface area contributed by atoms with Gasteiger partial charge < -0.3 is 0 Å². The van der Waals surface area contributed by atoms with E-state index in [1.807, 2.05) is 13.0 Å². The van der Waals surface area contributed by atoms with E-state index in [0.29, 0.717) is 11.2 Å². The van der Waals surface area contributed by atoms with Gasteiger partial charge in [0, 0.05) is 18.0 Å². The number of aromatic nitrogens is 3. The lowest BCUT2D eigenvalue weighted by atomic mass is 10.1. The molecule has 0 bridgehead atoms. The maximum absolute atomic E-state index is 12.7. The minimum absolute atomic E-state index is 0.227. The summed E-state index contributed by atoms with van der Waals surface area (Å²) in [4.78, 5) is 12.6. The Bertz CT molecular complexity index is 828. The fourth-order valence-electron chi connectivity index (χ4n) is 2.28. The fraction of sp³-hybridized carbons (Fsp3) is 0.188. The Kier molecular flexibility index (Phi) is 3.52.